The monoisotopic (exact) mass is 244 g/mol. The number of hydrogen-bond donors (Lipinski definition) is 0. The molecule has 0 aromatic carbocycles. The van der Waals surface area contributed by atoms with E-state index in [-0.39, 0.29) is 0 Å². The summed E-state index contributed by atoms with van der Waals surface area (Å²) in [4.78, 5) is 0. The largest absolute Gasteiger partial charge is 0.376 e. The predicted molar refractivity (Wildman–Crippen MR) is 53.7 cm³/mol. The summed E-state index contributed by atoms with van der Waals surface area (Å²) >= 11 is 3.56. The van der Waals surface area contributed by atoms with Crippen molar-refractivity contribution in [1.82, 2.24) is 9.78 Å². The smallest absolute Gasteiger partial charge is 0.110 e. The second kappa shape index (κ2) is 3.42. The Labute approximate surface area is 86.2 Å². The first-order chi connectivity index (χ1) is 6.20. The van der Waals surface area contributed by atoms with Gasteiger partial charge in [-0.25, -0.2) is 0 Å². The van der Waals surface area contributed by atoms with Gasteiger partial charge in [0.1, 0.15) is 4.60 Å². The quantitative estimate of drug-likeness (QED) is 0.759. The van der Waals surface area contributed by atoms with Gasteiger partial charge in [-0.3, -0.25) is 4.68 Å². The van der Waals surface area contributed by atoms with Crippen molar-refractivity contribution < 1.29 is 4.74 Å². The van der Waals surface area contributed by atoms with Crippen LogP contribution in [0.15, 0.2) is 4.60 Å². The van der Waals surface area contributed by atoms with Crippen LogP contribution in [0.5, 0.6) is 0 Å². The maximum Gasteiger partial charge on any atom is 0.110 e. The summed E-state index contributed by atoms with van der Waals surface area (Å²) in [6.45, 7) is 5.76. The van der Waals surface area contributed by atoms with Gasteiger partial charge in [-0.05, 0) is 29.8 Å². The first-order valence-corrected chi connectivity index (χ1v) is 5.33. The highest BCUT2D eigenvalue weighted by Crippen LogP contribution is 2.27. The van der Waals surface area contributed by atoms with Gasteiger partial charge in [0.25, 0.3) is 0 Å². The summed E-state index contributed by atoms with van der Waals surface area (Å²) in [5.41, 5.74) is 2.41. The number of halogens is 1. The lowest BCUT2D eigenvalue weighted by molar-refractivity contribution is 0.110. The number of ether oxygens (including phenoxy) is 1. The molecule has 1 aliphatic heterocycles. The van der Waals surface area contributed by atoms with E-state index >= 15 is 0 Å². The molecule has 0 bridgehead atoms. The molecule has 2 heterocycles. The topological polar surface area (TPSA) is 27.1 Å². The normalized spacial score (nSPS) is 16.3. The van der Waals surface area contributed by atoms with Gasteiger partial charge in [0.2, 0.25) is 0 Å². The third kappa shape index (κ3) is 1.53. The minimum absolute atomic E-state index is 0.403. The van der Waals surface area contributed by atoms with Crippen LogP contribution in [-0.2, 0) is 17.8 Å². The molecule has 1 aliphatic rings. The average Bonchev–Trinajstić information content (AvgIpc) is 2.45. The van der Waals surface area contributed by atoms with E-state index in [9.17, 15) is 0 Å². The molecule has 0 saturated carbocycles. The molecule has 1 aromatic heterocycles. The van der Waals surface area contributed by atoms with Crippen molar-refractivity contribution in [2.45, 2.75) is 32.9 Å². The van der Waals surface area contributed by atoms with E-state index in [0.717, 1.165) is 17.6 Å². The Hall–Kier alpha value is -0.350. The minimum Gasteiger partial charge on any atom is -0.376 e. The van der Waals surface area contributed by atoms with Crippen molar-refractivity contribution in [1.29, 1.82) is 0 Å². The van der Waals surface area contributed by atoms with Gasteiger partial charge in [-0.15, -0.1) is 0 Å². The Bertz CT molecular complexity index is 320. The number of nitrogens with zero attached hydrogens (tertiary/aromatic N) is 2. The minimum atomic E-state index is 0.403. The molecule has 72 valence electrons. The lowest BCUT2D eigenvalue weighted by Gasteiger charge is -2.10. The SMILES string of the molecule is CC(C)n1nc2c(c1Br)COCC2. The van der Waals surface area contributed by atoms with Crippen molar-refractivity contribution in [3.8, 4) is 0 Å². The van der Waals surface area contributed by atoms with E-state index in [1.807, 2.05) is 4.68 Å². The van der Waals surface area contributed by atoms with E-state index in [4.69, 9.17) is 4.74 Å². The first kappa shape index (κ1) is 9.21. The van der Waals surface area contributed by atoms with Crippen LogP contribution in [-0.4, -0.2) is 16.4 Å². The lowest BCUT2D eigenvalue weighted by atomic mass is 10.2. The Morgan fingerprint density at radius 2 is 2.31 bits per heavy atom. The molecule has 0 saturated heterocycles. The molecule has 0 aliphatic carbocycles. The van der Waals surface area contributed by atoms with Crippen LogP contribution in [0.2, 0.25) is 0 Å². The summed E-state index contributed by atoms with van der Waals surface area (Å²) in [5, 5.41) is 4.54. The van der Waals surface area contributed by atoms with E-state index in [1.165, 1.54) is 11.3 Å². The average molecular weight is 245 g/mol. The number of aromatic nitrogens is 2. The van der Waals surface area contributed by atoms with Gasteiger partial charge in [-0.1, -0.05) is 0 Å². The van der Waals surface area contributed by atoms with E-state index in [1.54, 1.807) is 0 Å². The number of hydrogen-bond acceptors (Lipinski definition) is 2. The van der Waals surface area contributed by atoms with Gasteiger partial charge in [-0.2, -0.15) is 5.10 Å². The van der Waals surface area contributed by atoms with Crippen LogP contribution in [0.1, 0.15) is 31.1 Å². The Morgan fingerprint density at radius 3 is 2.92 bits per heavy atom. The standard InChI is InChI=1S/C9H13BrN2O/c1-6(2)12-9(10)7-5-13-4-3-8(7)11-12/h6H,3-5H2,1-2H3. The van der Waals surface area contributed by atoms with Crippen molar-refractivity contribution in [3.05, 3.63) is 15.9 Å². The van der Waals surface area contributed by atoms with Crippen LogP contribution in [0.3, 0.4) is 0 Å². The molecule has 0 atom stereocenters. The summed E-state index contributed by atoms with van der Waals surface area (Å²) in [5.74, 6) is 0. The molecule has 0 unspecified atom stereocenters. The Kier molecular flexibility index (Phi) is 2.43. The van der Waals surface area contributed by atoms with E-state index in [0.29, 0.717) is 12.6 Å². The van der Waals surface area contributed by atoms with Crippen molar-refractivity contribution in [2.75, 3.05) is 6.61 Å². The summed E-state index contributed by atoms with van der Waals surface area (Å²) < 4.78 is 8.48. The molecule has 0 N–H and O–H groups in total. The van der Waals surface area contributed by atoms with Gasteiger partial charge in [0.15, 0.2) is 0 Å². The molecular formula is C9H13BrN2O. The first-order valence-electron chi connectivity index (χ1n) is 4.53. The highest BCUT2D eigenvalue weighted by Gasteiger charge is 2.20. The third-order valence-electron chi connectivity index (χ3n) is 2.25. The van der Waals surface area contributed by atoms with Crippen LogP contribution >= 0.6 is 15.9 Å². The molecule has 1 aromatic rings. The van der Waals surface area contributed by atoms with Crippen molar-refractivity contribution >= 4 is 15.9 Å². The fourth-order valence-corrected chi connectivity index (χ4v) is 2.35. The zero-order valence-electron chi connectivity index (χ0n) is 7.88. The predicted octanol–water partition coefficient (Wildman–Crippen LogP) is 2.30. The molecule has 0 fully saturated rings. The molecule has 13 heavy (non-hydrogen) atoms. The van der Waals surface area contributed by atoms with Gasteiger partial charge in [0, 0.05) is 18.0 Å². The van der Waals surface area contributed by atoms with E-state index in [2.05, 4.69) is 34.9 Å². The summed E-state index contributed by atoms with van der Waals surface area (Å²) in [7, 11) is 0. The maximum absolute atomic E-state index is 5.39. The van der Waals surface area contributed by atoms with Crippen LogP contribution in [0.25, 0.3) is 0 Å². The van der Waals surface area contributed by atoms with Gasteiger partial charge < -0.3 is 4.74 Å². The highest BCUT2D eigenvalue weighted by molar-refractivity contribution is 9.10. The summed E-state index contributed by atoms with van der Waals surface area (Å²) in [6.07, 6.45) is 0.938. The van der Waals surface area contributed by atoms with Crippen LogP contribution in [0, 0.1) is 0 Å². The second-order valence-corrected chi connectivity index (χ2v) is 4.31. The molecule has 0 radical (unpaired) electrons. The fraction of sp³-hybridized carbons (Fsp3) is 0.667. The van der Waals surface area contributed by atoms with Crippen LogP contribution in [0.4, 0.5) is 0 Å². The highest BCUT2D eigenvalue weighted by atomic mass is 79.9. The third-order valence-corrected chi connectivity index (χ3v) is 3.09. The second-order valence-electron chi connectivity index (χ2n) is 3.56. The lowest BCUT2D eigenvalue weighted by Crippen LogP contribution is -2.08. The molecular weight excluding hydrogens is 232 g/mol. The van der Waals surface area contributed by atoms with Crippen molar-refractivity contribution in [2.24, 2.45) is 0 Å². The number of fused-ring (bicyclic) bond motifs is 1. The maximum atomic E-state index is 5.39. The zero-order valence-corrected chi connectivity index (χ0v) is 9.47. The van der Waals surface area contributed by atoms with E-state index < -0.39 is 0 Å². The molecule has 4 heteroatoms. The Morgan fingerprint density at radius 1 is 1.54 bits per heavy atom. The van der Waals surface area contributed by atoms with Crippen LogP contribution < -0.4 is 0 Å². The summed E-state index contributed by atoms with van der Waals surface area (Å²) in [6, 6.07) is 0.403. The molecule has 3 nitrogen and oxygen atoms in total. The fourth-order valence-electron chi connectivity index (χ4n) is 1.52. The molecule has 0 amide bonds. The van der Waals surface area contributed by atoms with Gasteiger partial charge in [0.05, 0.1) is 18.9 Å². The van der Waals surface area contributed by atoms with Gasteiger partial charge >= 0.3 is 0 Å². The number of rotatable bonds is 1. The zero-order chi connectivity index (χ0) is 9.42. The molecule has 0 spiro atoms. The molecule has 2 rings (SSSR count). The van der Waals surface area contributed by atoms with Crippen molar-refractivity contribution in [3.63, 3.8) is 0 Å². The Balaban J connectivity index is 2.44.